The Morgan fingerprint density at radius 2 is 1.46 bits per heavy atom. The Morgan fingerprint density at radius 3 is 2.15 bits per heavy atom. The van der Waals surface area contributed by atoms with Gasteiger partial charge in [0, 0.05) is 58.3 Å². The van der Waals surface area contributed by atoms with Crippen molar-refractivity contribution in [1.82, 2.24) is 62.3 Å². The first-order valence-corrected chi connectivity index (χ1v) is 28.7. The average molecular weight is 1210 g/mol. The summed E-state index contributed by atoms with van der Waals surface area (Å²) in [5, 5.41) is 51.5. The number of carboxylic acid groups (broad SMARTS) is 1. The number of fused-ring (bicyclic) bond motifs is 4. The first-order chi connectivity index (χ1) is 41.4. The van der Waals surface area contributed by atoms with E-state index in [0.29, 0.717) is 28.5 Å². The molecule has 4 fully saturated rings. The predicted molar refractivity (Wildman–Crippen MR) is 308 cm³/mol. The highest BCUT2D eigenvalue weighted by molar-refractivity contribution is 6.07. The molecule has 0 spiro atoms. The lowest BCUT2D eigenvalue weighted by Crippen LogP contribution is -2.64. The van der Waals surface area contributed by atoms with Crippen LogP contribution in [0.2, 0.25) is 0 Å². The zero-order chi connectivity index (χ0) is 63.1. The van der Waals surface area contributed by atoms with Crippen LogP contribution in [0, 0.1) is 5.92 Å². The Labute approximate surface area is 498 Å². The van der Waals surface area contributed by atoms with Gasteiger partial charge in [0.2, 0.25) is 53.2 Å². The van der Waals surface area contributed by atoms with Gasteiger partial charge in [-0.3, -0.25) is 52.7 Å². The van der Waals surface area contributed by atoms with Crippen molar-refractivity contribution >= 4 is 98.9 Å². The molecule has 0 radical (unpaired) electrons. The van der Waals surface area contributed by atoms with Gasteiger partial charge in [-0.15, -0.1) is 0 Å². The smallest absolute Gasteiger partial charge is 0.329 e. The Kier molecular flexibility index (Phi) is 20.1. The maximum Gasteiger partial charge on any atom is 0.329 e. The summed E-state index contributed by atoms with van der Waals surface area (Å²) < 4.78 is 5.86. The topological polar surface area (TPSA) is 435 Å². The van der Waals surface area contributed by atoms with Gasteiger partial charge < -0.3 is 88.1 Å². The molecule has 15 N–H and O–H groups in total. The van der Waals surface area contributed by atoms with E-state index >= 15 is 9.59 Å². The number of piperidine rings is 1. The Balaban J connectivity index is 1.15. The maximum atomic E-state index is 15.1. The van der Waals surface area contributed by atoms with E-state index in [9.17, 15) is 63.3 Å². The molecule has 466 valence electrons. The van der Waals surface area contributed by atoms with E-state index in [-0.39, 0.29) is 43.8 Å². The quantitative estimate of drug-likeness (QED) is 0.0544. The number of amides is 10. The zero-order valence-electron chi connectivity index (χ0n) is 48.4. The monoisotopic (exact) mass is 1210 g/mol. The Bertz CT molecular complexity index is 3380. The van der Waals surface area contributed by atoms with E-state index in [4.69, 9.17) is 10.5 Å². The van der Waals surface area contributed by atoms with Crippen LogP contribution in [-0.4, -0.2) is 198 Å². The van der Waals surface area contributed by atoms with Gasteiger partial charge in [-0.1, -0.05) is 50.2 Å². The molecular weight excluding hydrogens is 1130 g/mol. The molecule has 14 atom stereocenters. The van der Waals surface area contributed by atoms with Gasteiger partial charge >= 0.3 is 11.9 Å². The first kappa shape index (κ1) is 63.8. The molecule has 8 rings (SSSR count). The van der Waals surface area contributed by atoms with E-state index in [1.165, 1.54) is 29.7 Å². The largest absolute Gasteiger partial charge is 0.480 e. The molecule has 4 aliphatic rings. The number of nitrogens with zero attached hydrogens (tertiary/aromatic N) is 2. The van der Waals surface area contributed by atoms with Gasteiger partial charge in [0.05, 0.1) is 25.7 Å². The van der Waals surface area contributed by atoms with Crippen LogP contribution in [0.1, 0.15) is 90.2 Å². The van der Waals surface area contributed by atoms with Gasteiger partial charge in [0.1, 0.15) is 66.2 Å². The molecule has 4 saturated heterocycles. The molecular formula is C58H73N13O16. The van der Waals surface area contributed by atoms with Crippen molar-refractivity contribution in [2.45, 2.75) is 152 Å². The summed E-state index contributed by atoms with van der Waals surface area (Å²) in [5.74, 6) is -13.5. The SMILES string of the molecule is CC1NC(=O)C(C(C)O)NC(=O)C(NC(=O)C(CO)NC(=O)CC(N)C(=O)O)C(C)OC(=O)C2CCC3C(C)CC(NC(=O)C(C(C)c4c[nH]c5ccccc45)NC(=O)/C(=C\c4c[nH]c5ccccc45)NC(=O)C4CCCN4C(=O)CNC1=O)C(=O)N23. The lowest BCUT2D eigenvalue weighted by Gasteiger charge is -2.42. The number of rotatable bonds is 11. The van der Waals surface area contributed by atoms with Crippen molar-refractivity contribution in [2.24, 2.45) is 11.7 Å². The fourth-order valence-electron chi connectivity index (χ4n) is 11.7. The highest BCUT2D eigenvalue weighted by Gasteiger charge is 2.51. The summed E-state index contributed by atoms with van der Waals surface area (Å²) in [6, 6.07) is -0.356. The number of benzene rings is 2. The number of cyclic esters (lactones) is 1. The van der Waals surface area contributed by atoms with Gasteiger partial charge in [0.25, 0.3) is 5.91 Å². The number of nitrogens with two attached hydrogens (primary N) is 1. The van der Waals surface area contributed by atoms with Crippen LogP contribution in [0.5, 0.6) is 0 Å². The minimum absolute atomic E-state index is 0.0314. The van der Waals surface area contributed by atoms with E-state index in [1.807, 2.05) is 31.2 Å². The number of carbonyl (C=O) groups excluding carboxylic acids is 11. The number of carboxylic acids is 1. The van der Waals surface area contributed by atoms with Crippen LogP contribution in [0.4, 0.5) is 0 Å². The third kappa shape index (κ3) is 14.4. The second kappa shape index (κ2) is 27.4. The van der Waals surface area contributed by atoms with Crippen LogP contribution >= 0.6 is 0 Å². The fraction of sp³-hybridized carbons (Fsp3) is 0.483. The van der Waals surface area contributed by atoms with Gasteiger partial charge in [-0.25, -0.2) is 4.79 Å². The number of nitrogens with one attached hydrogen (secondary N) is 10. The van der Waals surface area contributed by atoms with E-state index in [0.717, 1.165) is 17.8 Å². The second-order valence-electron chi connectivity index (χ2n) is 22.5. The molecule has 10 amide bonds. The molecule has 29 nitrogen and oxygen atoms in total. The fourth-order valence-corrected chi connectivity index (χ4v) is 11.7. The first-order valence-electron chi connectivity index (χ1n) is 28.7. The number of aliphatic hydroxyl groups is 2. The zero-order valence-corrected chi connectivity index (χ0v) is 48.4. The molecule has 2 bridgehead atoms. The third-order valence-electron chi connectivity index (χ3n) is 16.5. The lowest BCUT2D eigenvalue weighted by atomic mass is 9.87. The number of aromatic amines is 2. The number of H-pyrrole nitrogens is 2. The lowest BCUT2D eigenvalue weighted by molar-refractivity contribution is -0.164. The predicted octanol–water partition coefficient (Wildman–Crippen LogP) is -2.53. The van der Waals surface area contributed by atoms with Crippen molar-refractivity contribution in [3.63, 3.8) is 0 Å². The molecule has 2 aromatic carbocycles. The summed E-state index contributed by atoms with van der Waals surface area (Å²) in [5.41, 5.74) is 7.66. The number of esters is 1. The second-order valence-corrected chi connectivity index (χ2v) is 22.5. The number of para-hydroxylation sites is 2. The van der Waals surface area contributed by atoms with E-state index in [1.54, 1.807) is 43.6 Å². The Hall–Kier alpha value is -9.22. The normalized spacial score (nSPS) is 27.7. The molecule has 2 aromatic heterocycles. The van der Waals surface area contributed by atoms with E-state index in [2.05, 4.69) is 52.5 Å². The molecule has 87 heavy (non-hydrogen) atoms. The van der Waals surface area contributed by atoms with Gasteiger partial charge in [0.15, 0.2) is 0 Å². The summed E-state index contributed by atoms with van der Waals surface area (Å²) >= 11 is 0. The number of aliphatic carboxylic acids is 1. The molecule has 14 unspecified atom stereocenters. The van der Waals surface area contributed by atoms with Gasteiger partial charge in [-0.05, 0) is 82.6 Å². The molecule has 4 aliphatic heterocycles. The van der Waals surface area contributed by atoms with Gasteiger partial charge in [-0.2, -0.15) is 0 Å². The number of hydrogen-bond acceptors (Lipinski definition) is 16. The Morgan fingerprint density at radius 1 is 0.793 bits per heavy atom. The standard InChI is InChI=1S/C58H73N13O16/c1-26-19-39-56(83)71-41(26)16-17-43(71)58(86)87-30(5)48(69-51(78)40(25-72)64-44(74)21-35(59)57(84)85)55(82)68-47(29(4)73)54(81)63-28(3)49(76)62-24-45(75)70-18-10-15-42(70)52(79)65-38(20-31-22-60-36-13-8-6-11-32(31)36)50(77)67-46(53(80)66-39)27(2)34-23-61-37-14-9-7-12-33(34)37/h6-9,11-14,20,22-23,26-30,35,39-43,46-48,60-61,72-73H,10,15-19,21,24-25,59H2,1-5H3,(H,62,76)(H,63,81)(H,64,74)(H,65,79)(H,66,80)(H,67,77)(H,68,82)(H,69,78)(H,84,85)/b38-20+. The minimum Gasteiger partial charge on any atom is -0.480 e. The highest BCUT2D eigenvalue weighted by atomic mass is 16.5. The average Bonchev–Trinajstić information content (AvgIpc) is 1.87. The number of aromatic nitrogens is 2. The molecule has 29 heteroatoms. The van der Waals surface area contributed by atoms with Crippen molar-refractivity contribution in [3.8, 4) is 0 Å². The van der Waals surface area contributed by atoms with Crippen LogP contribution < -0.4 is 48.3 Å². The minimum atomic E-state index is -2.03. The number of ether oxygens (including phenoxy) is 1. The van der Waals surface area contributed by atoms with Crippen molar-refractivity contribution < 1.29 is 77.6 Å². The van der Waals surface area contributed by atoms with Crippen LogP contribution in [-0.2, 0) is 62.3 Å². The van der Waals surface area contributed by atoms with Crippen LogP contribution in [0.15, 0.2) is 66.6 Å². The van der Waals surface area contributed by atoms with Crippen LogP contribution in [0.3, 0.4) is 0 Å². The summed E-state index contributed by atoms with van der Waals surface area (Å²) in [6.07, 6.45) is 1.35. The summed E-state index contributed by atoms with van der Waals surface area (Å²) in [6.45, 7) is 5.30. The maximum absolute atomic E-state index is 15.1. The molecule has 0 aliphatic carbocycles. The summed E-state index contributed by atoms with van der Waals surface area (Å²) in [7, 11) is 0. The molecule has 0 saturated carbocycles. The third-order valence-corrected chi connectivity index (χ3v) is 16.5. The highest BCUT2D eigenvalue weighted by Crippen LogP contribution is 2.37. The van der Waals surface area contributed by atoms with Crippen molar-refractivity contribution in [1.29, 1.82) is 0 Å². The van der Waals surface area contributed by atoms with Crippen LogP contribution in [0.25, 0.3) is 27.9 Å². The van der Waals surface area contributed by atoms with E-state index < -0.39 is 169 Å². The molecule has 6 heterocycles. The van der Waals surface area contributed by atoms with Crippen molar-refractivity contribution in [3.05, 3.63) is 77.7 Å². The van der Waals surface area contributed by atoms with Crippen molar-refractivity contribution in [2.75, 3.05) is 19.7 Å². The number of hydrogen-bond donors (Lipinski definition) is 14. The number of aliphatic hydroxyl groups excluding tert-OH is 2. The molecule has 4 aromatic rings. The number of carbonyl (C=O) groups is 12. The summed E-state index contributed by atoms with van der Waals surface area (Å²) in [4.78, 5) is 176.